The van der Waals surface area contributed by atoms with Gasteiger partial charge in [-0.2, -0.15) is 4.31 Å². The lowest BCUT2D eigenvalue weighted by Gasteiger charge is -2.34. The fraction of sp³-hybridized carbons (Fsp3) is 0.304. The topological polar surface area (TPSA) is 78.0 Å². The van der Waals surface area contributed by atoms with Crippen LogP contribution in [0.3, 0.4) is 0 Å². The molecule has 0 N–H and O–H groups in total. The van der Waals surface area contributed by atoms with Gasteiger partial charge in [-0.25, -0.2) is 12.8 Å². The molecule has 1 atom stereocenters. The molecular weight excluding hydrogens is 433 g/mol. The molecule has 0 aliphatic carbocycles. The van der Waals surface area contributed by atoms with Crippen LogP contribution in [0, 0.1) is 11.7 Å². The van der Waals surface area contributed by atoms with Crippen molar-refractivity contribution in [3.05, 3.63) is 71.4 Å². The van der Waals surface area contributed by atoms with Gasteiger partial charge >= 0.3 is 0 Å². The van der Waals surface area contributed by atoms with Crippen molar-refractivity contribution in [3.8, 4) is 0 Å². The van der Waals surface area contributed by atoms with Crippen LogP contribution in [0.2, 0.25) is 0 Å². The van der Waals surface area contributed by atoms with Crippen LogP contribution in [-0.2, 0) is 19.6 Å². The smallest absolute Gasteiger partial charge is 0.236 e. The van der Waals surface area contributed by atoms with E-state index in [0.29, 0.717) is 0 Å². The molecule has 2 heterocycles. The van der Waals surface area contributed by atoms with E-state index in [2.05, 4.69) is 0 Å². The summed E-state index contributed by atoms with van der Waals surface area (Å²) in [4.78, 5) is 28.2. The Bertz CT molecular complexity index is 1130. The van der Waals surface area contributed by atoms with Crippen molar-refractivity contribution in [2.75, 3.05) is 37.6 Å². The van der Waals surface area contributed by atoms with Gasteiger partial charge < -0.3 is 9.80 Å². The summed E-state index contributed by atoms with van der Waals surface area (Å²) in [6, 6.07) is 15.1. The summed E-state index contributed by atoms with van der Waals surface area (Å²) in [6.07, 6.45) is 1.57. The summed E-state index contributed by atoms with van der Waals surface area (Å²) in [5, 5.41) is 1.18. The number of halogens is 1. The Labute approximate surface area is 186 Å². The average Bonchev–Trinajstić information content (AvgIpc) is 3.20. The second-order valence-corrected chi connectivity index (χ2v) is 9.66. The van der Waals surface area contributed by atoms with E-state index < -0.39 is 21.8 Å². The Morgan fingerprint density at radius 3 is 2.31 bits per heavy atom. The fourth-order valence-electron chi connectivity index (χ4n) is 4.01. The number of piperazine rings is 1. The molecule has 0 aromatic heterocycles. The van der Waals surface area contributed by atoms with Gasteiger partial charge in [0.25, 0.3) is 0 Å². The average molecular weight is 458 g/mol. The fourth-order valence-corrected chi connectivity index (χ4v) is 5.19. The van der Waals surface area contributed by atoms with E-state index in [1.165, 1.54) is 26.7 Å². The highest BCUT2D eigenvalue weighted by Crippen LogP contribution is 2.28. The van der Waals surface area contributed by atoms with E-state index in [9.17, 15) is 22.4 Å². The number of hydrogen-bond donors (Lipinski definition) is 0. The molecular formula is C23H24FN3O4S. The standard InChI is InChI=1S/C23H24FN3O4S/c24-20-8-4-5-9-21(20)27-17-19(16-22(27)28)23(29)25-11-13-26(14-12-25)32(30,31)15-10-18-6-2-1-3-7-18/h1-10,15,19H,11-14,16-17H2. The van der Waals surface area contributed by atoms with Gasteiger partial charge in [0.05, 0.1) is 11.6 Å². The monoisotopic (exact) mass is 457 g/mol. The minimum absolute atomic E-state index is 0.0193. The highest BCUT2D eigenvalue weighted by atomic mass is 32.2. The normalized spacial score (nSPS) is 20.3. The van der Waals surface area contributed by atoms with Gasteiger partial charge in [-0.05, 0) is 23.8 Å². The van der Waals surface area contributed by atoms with Gasteiger partial charge in [0.1, 0.15) is 5.82 Å². The highest BCUT2D eigenvalue weighted by molar-refractivity contribution is 7.92. The van der Waals surface area contributed by atoms with Gasteiger partial charge in [-0.15, -0.1) is 0 Å². The molecule has 2 aromatic rings. The van der Waals surface area contributed by atoms with Gasteiger partial charge in [-0.1, -0.05) is 42.5 Å². The molecule has 2 fully saturated rings. The van der Waals surface area contributed by atoms with Gasteiger partial charge in [0, 0.05) is 44.6 Å². The molecule has 32 heavy (non-hydrogen) atoms. The Kier molecular flexibility index (Phi) is 6.38. The molecule has 2 aromatic carbocycles. The summed E-state index contributed by atoms with van der Waals surface area (Å²) in [5.74, 6) is -1.56. The SMILES string of the molecule is O=C(C1CC(=O)N(c2ccccc2F)C1)N1CCN(S(=O)(=O)C=Cc2ccccc2)CC1. The maximum absolute atomic E-state index is 14.1. The molecule has 1 unspecified atom stereocenters. The minimum Gasteiger partial charge on any atom is -0.340 e. The number of hydrogen-bond acceptors (Lipinski definition) is 4. The molecule has 9 heteroatoms. The third kappa shape index (κ3) is 4.73. The molecule has 2 aliphatic heterocycles. The largest absolute Gasteiger partial charge is 0.340 e. The van der Waals surface area contributed by atoms with Crippen molar-refractivity contribution in [1.82, 2.24) is 9.21 Å². The van der Waals surface area contributed by atoms with Crippen LogP contribution >= 0.6 is 0 Å². The number of nitrogens with zero attached hydrogens (tertiary/aromatic N) is 3. The zero-order valence-electron chi connectivity index (χ0n) is 17.4. The second kappa shape index (κ2) is 9.22. The first-order valence-electron chi connectivity index (χ1n) is 10.4. The molecule has 168 valence electrons. The number of rotatable bonds is 5. The Morgan fingerprint density at radius 2 is 1.62 bits per heavy atom. The maximum atomic E-state index is 14.1. The van der Waals surface area contributed by atoms with E-state index in [1.807, 2.05) is 30.3 Å². The Morgan fingerprint density at radius 1 is 0.969 bits per heavy atom. The van der Waals surface area contributed by atoms with Crippen molar-refractivity contribution >= 4 is 33.6 Å². The molecule has 2 aliphatic rings. The first-order chi connectivity index (χ1) is 15.3. The summed E-state index contributed by atoms with van der Waals surface area (Å²) in [5.41, 5.74) is 0.962. The van der Waals surface area contributed by atoms with E-state index in [1.54, 1.807) is 23.1 Å². The van der Waals surface area contributed by atoms with E-state index in [0.717, 1.165) is 5.56 Å². The van der Waals surface area contributed by atoms with Crippen LogP contribution < -0.4 is 4.90 Å². The number of para-hydroxylation sites is 1. The number of anilines is 1. The number of sulfonamides is 1. The van der Waals surface area contributed by atoms with Crippen molar-refractivity contribution in [3.63, 3.8) is 0 Å². The van der Waals surface area contributed by atoms with Crippen LogP contribution in [0.25, 0.3) is 6.08 Å². The maximum Gasteiger partial charge on any atom is 0.236 e. The molecule has 0 saturated carbocycles. The van der Waals surface area contributed by atoms with Crippen molar-refractivity contribution in [1.29, 1.82) is 0 Å². The van der Waals surface area contributed by atoms with E-state index in [4.69, 9.17) is 0 Å². The molecule has 7 nitrogen and oxygen atoms in total. The zero-order chi connectivity index (χ0) is 22.7. The number of amides is 2. The summed E-state index contributed by atoms with van der Waals surface area (Å²) in [7, 11) is -3.60. The predicted octanol–water partition coefficient (Wildman–Crippen LogP) is 2.32. The van der Waals surface area contributed by atoms with Gasteiger partial charge in [-0.3, -0.25) is 9.59 Å². The first kappa shape index (κ1) is 22.2. The third-order valence-electron chi connectivity index (χ3n) is 5.76. The molecule has 0 bridgehead atoms. The lowest BCUT2D eigenvalue weighted by molar-refractivity contribution is -0.136. The molecule has 4 rings (SSSR count). The highest BCUT2D eigenvalue weighted by Gasteiger charge is 2.39. The molecule has 2 amide bonds. The Hall–Kier alpha value is -3.04. The van der Waals surface area contributed by atoms with Crippen molar-refractivity contribution < 1.29 is 22.4 Å². The number of carbonyl (C=O) groups excluding carboxylic acids is 2. The molecule has 2 saturated heterocycles. The van der Waals surface area contributed by atoms with Crippen molar-refractivity contribution in [2.45, 2.75) is 6.42 Å². The van der Waals surface area contributed by atoms with E-state index >= 15 is 0 Å². The van der Waals surface area contributed by atoms with Crippen LogP contribution in [-0.4, -0.2) is 62.2 Å². The summed E-state index contributed by atoms with van der Waals surface area (Å²) >= 11 is 0. The van der Waals surface area contributed by atoms with Crippen LogP contribution in [0.15, 0.2) is 60.0 Å². The zero-order valence-corrected chi connectivity index (χ0v) is 18.2. The van der Waals surface area contributed by atoms with Gasteiger partial charge in [0.2, 0.25) is 21.8 Å². The second-order valence-electron chi connectivity index (χ2n) is 7.84. The number of benzene rings is 2. The minimum atomic E-state index is -3.60. The number of carbonyl (C=O) groups is 2. The van der Waals surface area contributed by atoms with Crippen molar-refractivity contribution in [2.24, 2.45) is 5.92 Å². The lowest BCUT2D eigenvalue weighted by atomic mass is 10.1. The van der Waals surface area contributed by atoms with Crippen LogP contribution in [0.5, 0.6) is 0 Å². The van der Waals surface area contributed by atoms with Gasteiger partial charge in [0.15, 0.2) is 0 Å². The summed E-state index contributed by atoms with van der Waals surface area (Å²) < 4.78 is 40.6. The van der Waals surface area contributed by atoms with Crippen LogP contribution in [0.1, 0.15) is 12.0 Å². The summed E-state index contributed by atoms with van der Waals surface area (Å²) in [6.45, 7) is 0.996. The molecule has 0 spiro atoms. The third-order valence-corrected chi connectivity index (χ3v) is 7.32. The van der Waals surface area contributed by atoms with Crippen LogP contribution in [0.4, 0.5) is 10.1 Å². The predicted molar refractivity (Wildman–Crippen MR) is 119 cm³/mol. The first-order valence-corrected chi connectivity index (χ1v) is 11.9. The Balaban J connectivity index is 1.35. The van der Waals surface area contributed by atoms with E-state index in [-0.39, 0.29) is 56.6 Å². The molecule has 0 radical (unpaired) electrons. The lowest BCUT2D eigenvalue weighted by Crippen LogP contribution is -2.51. The quantitative estimate of drug-likeness (QED) is 0.691.